The molecule has 0 bridgehead atoms. The van der Waals surface area contributed by atoms with Crippen LogP contribution < -0.4 is 17.0 Å². The van der Waals surface area contributed by atoms with Gasteiger partial charge in [0.1, 0.15) is 0 Å². The molecule has 58 valence electrons. The van der Waals surface area contributed by atoms with Crippen molar-refractivity contribution in [1.82, 2.24) is 0 Å². The predicted octanol–water partition coefficient (Wildman–Crippen LogP) is -0.750. The summed E-state index contributed by atoms with van der Waals surface area (Å²) in [5.74, 6) is 0. The molecule has 1 aromatic carbocycles. The monoisotopic (exact) mass is 288 g/mol. The van der Waals surface area contributed by atoms with Gasteiger partial charge in [0.25, 0.3) is 0 Å². The topological polar surface area (TPSA) is 0 Å². The van der Waals surface area contributed by atoms with E-state index in [9.17, 15) is 0 Å². The molecular weight excluding hydrogens is 280 g/mol. The Kier molecular flexibility index (Phi) is 17.8. The molecule has 0 saturated heterocycles. The third kappa shape index (κ3) is 7.31. The van der Waals surface area contributed by atoms with Crippen LogP contribution >= 0.6 is 17.0 Å². The van der Waals surface area contributed by atoms with Crippen molar-refractivity contribution in [2.75, 3.05) is 0 Å². The molecule has 11 heavy (non-hydrogen) atoms. The standard InChI is InChI=1S/C8H9.2BrH.Mg/c1-2-8-6-4-3-5-7-8;;;/h4-7H,2H2,1H3;2*1H;/q-1;;;+2/p-1. The first-order valence-corrected chi connectivity index (χ1v) is 2.88. The average molecular weight is 290 g/mol. The summed E-state index contributed by atoms with van der Waals surface area (Å²) in [7, 11) is 0. The molecule has 1 aromatic rings. The Morgan fingerprint density at radius 3 is 2.00 bits per heavy atom. The number of rotatable bonds is 1. The summed E-state index contributed by atoms with van der Waals surface area (Å²) < 4.78 is 0. The maximum Gasteiger partial charge on any atom is 2.00 e. The fraction of sp³-hybridized carbons (Fsp3) is 0.250. The van der Waals surface area contributed by atoms with E-state index in [-0.39, 0.29) is 57.0 Å². The first-order valence-electron chi connectivity index (χ1n) is 2.88. The van der Waals surface area contributed by atoms with Gasteiger partial charge in [-0.05, 0) is 0 Å². The number of hydrogen-bond acceptors (Lipinski definition) is 0. The summed E-state index contributed by atoms with van der Waals surface area (Å²) in [5.41, 5.74) is 1.38. The Labute approximate surface area is 105 Å². The van der Waals surface area contributed by atoms with E-state index in [0.29, 0.717) is 0 Å². The van der Waals surface area contributed by atoms with Crippen molar-refractivity contribution in [3.05, 3.63) is 35.9 Å². The molecule has 0 N–H and O–H groups in total. The quantitative estimate of drug-likeness (QED) is 0.472. The molecule has 0 spiro atoms. The first kappa shape index (κ1) is 17.9. The zero-order chi connectivity index (χ0) is 5.82. The van der Waals surface area contributed by atoms with E-state index in [1.54, 1.807) is 0 Å². The van der Waals surface area contributed by atoms with E-state index >= 15 is 0 Å². The minimum absolute atomic E-state index is 0. The number of benzene rings is 1. The van der Waals surface area contributed by atoms with Crippen LogP contribution in [0.1, 0.15) is 12.5 Å². The Hall–Kier alpha value is 0.946. The van der Waals surface area contributed by atoms with Gasteiger partial charge < -0.3 is 17.0 Å². The van der Waals surface area contributed by atoms with Crippen LogP contribution in [0.4, 0.5) is 0 Å². The minimum atomic E-state index is 0. The van der Waals surface area contributed by atoms with E-state index in [0.717, 1.165) is 6.42 Å². The van der Waals surface area contributed by atoms with E-state index < -0.39 is 0 Å². The molecule has 0 saturated carbocycles. The van der Waals surface area contributed by atoms with Gasteiger partial charge >= 0.3 is 23.1 Å². The zero-order valence-electron chi connectivity index (χ0n) is 6.51. The summed E-state index contributed by atoms with van der Waals surface area (Å²) in [6.45, 7) is 2.15. The van der Waals surface area contributed by atoms with E-state index in [1.807, 2.05) is 12.1 Å². The Morgan fingerprint density at radius 2 is 1.73 bits per heavy atom. The third-order valence-electron chi connectivity index (χ3n) is 1.20. The molecule has 0 fully saturated rings. The van der Waals surface area contributed by atoms with E-state index in [1.165, 1.54) is 5.56 Å². The van der Waals surface area contributed by atoms with Gasteiger partial charge in [-0.1, -0.05) is 13.3 Å². The van der Waals surface area contributed by atoms with E-state index in [4.69, 9.17) is 0 Å². The Balaban J connectivity index is -0.000000213. The molecule has 3 heteroatoms. The summed E-state index contributed by atoms with van der Waals surface area (Å²) in [6.07, 6.45) is 1.12. The van der Waals surface area contributed by atoms with Gasteiger partial charge in [-0.25, -0.2) is 0 Å². The summed E-state index contributed by atoms with van der Waals surface area (Å²) >= 11 is 0. The molecule has 0 atom stereocenters. The second-order valence-corrected chi connectivity index (χ2v) is 1.76. The van der Waals surface area contributed by atoms with Crippen LogP contribution in [0.25, 0.3) is 0 Å². The summed E-state index contributed by atoms with van der Waals surface area (Å²) in [6, 6.07) is 11.0. The maximum absolute atomic E-state index is 2.97. The van der Waals surface area contributed by atoms with Gasteiger partial charge in [-0.3, -0.25) is 0 Å². The van der Waals surface area contributed by atoms with Crippen molar-refractivity contribution in [1.29, 1.82) is 0 Å². The molecule has 1 rings (SSSR count). The molecule has 0 amide bonds. The normalized spacial score (nSPS) is 6.64. The largest absolute Gasteiger partial charge is 2.00 e. The smallest absolute Gasteiger partial charge is 1.00 e. The van der Waals surface area contributed by atoms with Crippen molar-refractivity contribution >= 4 is 40.0 Å². The second-order valence-electron chi connectivity index (χ2n) is 1.76. The SMILES string of the molecule is Br.CCc1cc[c-]cc1.[Br-].[Mg+2]. The van der Waals surface area contributed by atoms with E-state index in [2.05, 4.69) is 25.1 Å². The van der Waals surface area contributed by atoms with Gasteiger partial charge in [0, 0.05) is 0 Å². The van der Waals surface area contributed by atoms with Crippen LogP contribution in [-0.4, -0.2) is 23.1 Å². The molecule has 0 aliphatic rings. The molecule has 0 radical (unpaired) electrons. The number of hydrogen-bond donors (Lipinski definition) is 0. The van der Waals surface area contributed by atoms with Crippen LogP contribution in [0.5, 0.6) is 0 Å². The van der Waals surface area contributed by atoms with Crippen LogP contribution in [-0.2, 0) is 6.42 Å². The molecular formula is C8H10Br2Mg. The van der Waals surface area contributed by atoms with Crippen molar-refractivity contribution in [2.45, 2.75) is 13.3 Å². The van der Waals surface area contributed by atoms with Gasteiger partial charge in [-0.2, -0.15) is 35.9 Å². The number of aryl methyl sites for hydroxylation is 1. The minimum Gasteiger partial charge on any atom is -1.00 e. The molecule has 0 aliphatic heterocycles. The molecule has 0 nitrogen and oxygen atoms in total. The van der Waals surface area contributed by atoms with Gasteiger partial charge in [-0.15, -0.1) is 17.0 Å². The molecule has 0 aromatic heterocycles. The van der Waals surface area contributed by atoms with Gasteiger partial charge in [0.15, 0.2) is 0 Å². The van der Waals surface area contributed by atoms with Crippen LogP contribution in [0.3, 0.4) is 0 Å². The summed E-state index contributed by atoms with van der Waals surface area (Å²) in [5, 5.41) is 0. The van der Waals surface area contributed by atoms with Gasteiger partial charge in [0.2, 0.25) is 0 Å². The fourth-order valence-electron chi connectivity index (χ4n) is 0.657. The molecule has 0 aliphatic carbocycles. The second kappa shape index (κ2) is 10.9. The molecule has 0 unspecified atom stereocenters. The Morgan fingerprint density at radius 1 is 1.27 bits per heavy atom. The van der Waals surface area contributed by atoms with Crippen molar-refractivity contribution in [2.24, 2.45) is 0 Å². The van der Waals surface area contributed by atoms with Crippen molar-refractivity contribution in [3.63, 3.8) is 0 Å². The Bertz CT molecular complexity index is 153. The number of halogens is 2. The fourth-order valence-corrected chi connectivity index (χ4v) is 0.657. The average Bonchev–Trinajstić information content (AvgIpc) is 1.90. The van der Waals surface area contributed by atoms with Crippen LogP contribution in [0.2, 0.25) is 0 Å². The van der Waals surface area contributed by atoms with Crippen molar-refractivity contribution < 1.29 is 17.0 Å². The first-order chi connectivity index (χ1) is 3.93. The predicted molar refractivity (Wildman–Crippen MR) is 50.7 cm³/mol. The third-order valence-corrected chi connectivity index (χ3v) is 1.20. The van der Waals surface area contributed by atoms with Crippen LogP contribution in [0.15, 0.2) is 24.3 Å². The summed E-state index contributed by atoms with van der Waals surface area (Å²) in [4.78, 5) is 0. The molecule has 0 heterocycles. The van der Waals surface area contributed by atoms with Crippen molar-refractivity contribution in [3.8, 4) is 0 Å². The van der Waals surface area contributed by atoms with Gasteiger partial charge in [0.05, 0.1) is 0 Å². The zero-order valence-corrected chi connectivity index (χ0v) is 11.2. The van der Waals surface area contributed by atoms with Crippen LogP contribution in [0, 0.1) is 6.07 Å². The maximum atomic E-state index is 2.97.